The van der Waals surface area contributed by atoms with E-state index in [-0.39, 0.29) is 23.9 Å². The van der Waals surface area contributed by atoms with E-state index in [2.05, 4.69) is 10.6 Å². The zero-order chi connectivity index (χ0) is 17.5. The summed E-state index contributed by atoms with van der Waals surface area (Å²) in [6.45, 7) is 3.74. The zero-order valence-corrected chi connectivity index (χ0v) is 13.9. The van der Waals surface area contributed by atoms with Crippen LogP contribution < -0.4 is 10.6 Å². The number of phenolic OH excluding ortho intramolecular Hbond substituents is 1. The van der Waals surface area contributed by atoms with Gasteiger partial charge in [0, 0.05) is 18.5 Å². The molecule has 2 amide bonds. The molecule has 6 nitrogen and oxygen atoms in total. The van der Waals surface area contributed by atoms with Gasteiger partial charge in [-0.3, -0.25) is 0 Å². The molecule has 0 bridgehead atoms. The van der Waals surface area contributed by atoms with Crippen molar-refractivity contribution in [2.24, 2.45) is 0 Å². The summed E-state index contributed by atoms with van der Waals surface area (Å²) in [5.41, 5.74) is 1.03. The highest BCUT2D eigenvalue weighted by atomic mass is 16.4. The summed E-state index contributed by atoms with van der Waals surface area (Å²) in [6.07, 6.45) is 1.79. The lowest BCUT2D eigenvalue weighted by Crippen LogP contribution is -2.45. The lowest BCUT2D eigenvalue weighted by molar-refractivity contribution is 0.129. The number of hydrogen-bond acceptors (Lipinski definition) is 4. The summed E-state index contributed by atoms with van der Waals surface area (Å²) < 4.78 is 5.14. The second kappa shape index (κ2) is 8.40. The lowest BCUT2D eigenvalue weighted by Gasteiger charge is -2.19. The van der Waals surface area contributed by atoms with Gasteiger partial charge >= 0.3 is 6.03 Å². The Labute approximate surface area is 141 Å². The van der Waals surface area contributed by atoms with E-state index in [0.717, 1.165) is 5.56 Å². The fourth-order valence-electron chi connectivity index (χ4n) is 2.52. The third-order valence-electron chi connectivity index (χ3n) is 3.68. The average Bonchev–Trinajstić information content (AvgIpc) is 3.03. The first-order chi connectivity index (χ1) is 11.4. The molecule has 0 saturated carbocycles. The first-order valence-corrected chi connectivity index (χ1v) is 8.00. The minimum absolute atomic E-state index is 0.0586. The van der Waals surface area contributed by atoms with Crippen LogP contribution in [0.5, 0.6) is 5.75 Å². The summed E-state index contributed by atoms with van der Waals surface area (Å²) >= 11 is 0. The molecule has 1 aromatic carbocycles. The number of furan rings is 1. The molecule has 130 valence electrons. The third-order valence-corrected chi connectivity index (χ3v) is 3.68. The number of aliphatic hydroxyl groups excluding tert-OH is 1. The Morgan fingerprint density at radius 3 is 2.42 bits per heavy atom. The molecule has 24 heavy (non-hydrogen) atoms. The number of rotatable bonds is 7. The number of hydrogen-bond donors (Lipinski definition) is 4. The summed E-state index contributed by atoms with van der Waals surface area (Å²) in [5.74, 6) is 0.714. The van der Waals surface area contributed by atoms with Crippen LogP contribution in [-0.2, 0) is 6.42 Å². The van der Waals surface area contributed by atoms with Crippen LogP contribution >= 0.6 is 0 Å². The highest BCUT2D eigenvalue weighted by Gasteiger charge is 2.17. The number of phenols is 1. The topological polar surface area (TPSA) is 94.7 Å². The standard InChI is InChI=1S/C18H24N2O4/c1-12(10-14-5-7-15(21)8-6-14)19-18(23)20-13(2)11-16(22)17-4-3-9-24-17/h3-9,12-13,16,21-22H,10-11H2,1-2H3,(H2,19,20,23). The fraction of sp³-hybridized carbons (Fsp3) is 0.389. The van der Waals surface area contributed by atoms with E-state index in [1.807, 2.05) is 26.0 Å². The first-order valence-electron chi connectivity index (χ1n) is 8.00. The van der Waals surface area contributed by atoms with Crippen molar-refractivity contribution in [2.45, 2.75) is 44.9 Å². The quantitative estimate of drug-likeness (QED) is 0.627. The van der Waals surface area contributed by atoms with Gasteiger partial charge in [-0.05, 0) is 50.1 Å². The largest absolute Gasteiger partial charge is 0.508 e. The predicted octanol–water partition coefficient (Wildman–Crippen LogP) is 2.73. The number of urea groups is 1. The number of benzene rings is 1. The van der Waals surface area contributed by atoms with E-state index in [1.54, 1.807) is 24.3 Å². The van der Waals surface area contributed by atoms with Gasteiger partial charge in [-0.1, -0.05) is 12.1 Å². The van der Waals surface area contributed by atoms with Gasteiger partial charge in [0.25, 0.3) is 0 Å². The molecule has 0 spiro atoms. The van der Waals surface area contributed by atoms with Crippen molar-refractivity contribution in [3.63, 3.8) is 0 Å². The molecule has 1 aromatic heterocycles. The van der Waals surface area contributed by atoms with Crippen LogP contribution in [0.3, 0.4) is 0 Å². The molecule has 3 unspecified atom stereocenters. The minimum Gasteiger partial charge on any atom is -0.508 e. The predicted molar refractivity (Wildman–Crippen MR) is 90.7 cm³/mol. The second-order valence-corrected chi connectivity index (χ2v) is 6.06. The Morgan fingerprint density at radius 2 is 1.79 bits per heavy atom. The average molecular weight is 332 g/mol. The molecule has 6 heteroatoms. The SMILES string of the molecule is CC(Cc1ccc(O)cc1)NC(=O)NC(C)CC(O)c1ccco1. The maximum absolute atomic E-state index is 12.0. The molecule has 3 atom stereocenters. The maximum Gasteiger partial charge on any atom is 0.315 e. The summed E-state index contributed by atoms with van der Waals surface area (Å²) in [6, 6.07) is 9.79. The van der Waals surface area contributed by atoms with Crippen molar-refractivity contribution >= 4 is 6.03 Å². The third kappa shape index (κ3) is 5.62. The van der Waals surface area contributed by atoms with Crippen molar-refractivity contribution in [2.75, 3.05) is 0 Å². The van der Waals surface area contributed by atoms with Crippen LogP contribution in [0.25, 0.3) is 0 Å². The Hall–Kier alpha value is -2.47. The van der Waals surface area contributed by atoms with Crippen LogP contribution in [0.4, 0.5) is 4.79 Å². The van der Waals surface area contributed by atoms with E-state index in [1.165, 1.54) is 6.26 Å². The summed E-state index contributed by atoms with van der Waals surface area (Å²) in [5, 5.41) is 24.9. The van der Waals surface area contributed by atoms with Gasteiger partial charge < -0.3 is 25.3 Å². The Kier molecular flexibility index (Phi) is 6.26. The molecule has 1 heterocycles. The smallest absolute Gasteiger partial charge is 0.315 e. The molecule has 0 saturated heterocycles. The molecular weight excluding hydrogens is 308 g/mol. The number of aromatic hydroxyl groups is 1. The van der Waals surface area contributed by atoms with Gasteiger partial charge in [0.2, 0.25) is 0 Å². The van der Waals surface area contributed by atoms with Gasteiger partial charge in [-0.15, -0.1) is 0 Å². The molecule has 0 fully saturated rings. The van der Waals surface area contributed by atoms with Crippen LogP contribution in [-0.4, -0.2) is 28.3 Å². The monoisotopic (exact) mass is 332 g/mol. The Morgan fingerprint density at radius 1 is 1.12 bits per heavy atom. The van der Waals surface area contributed by atoms with E-state index in [0.29, 0.717) is 18.6 Å². The number of amides is 2. The van der Waals surface area contributed by atoms with Gasteiger partial charge in [-0.2, -0.15) is 0 Å². The summed E-state index contributed by atoms with van der Waals surface area (Å²) in [7, 11) is 0. The normalized spacial score (nSPS) is 14.6. The van der Waals surface area contributed by atoms with E-state index >= 15 is 0 Å². The maximum atomic E-state index is 12.0. The number of carbonyl (C=O) groups is 1. The zero-order valence-electron chi connectivity index (χ0n) is 13.9. The van der Waals surface area contributed by atoms with Crippen molar-refractivity contribution in [3.05, 3.63) is 54.0 Å². The Balaban J connectivity index is 1.74. The van der Waals surface area contributed by atoms with Gasteiger partial charge in [0.05, 0.1) is 6.26 Å². The first kappa shape index (κ1) is 17.9. The van der Waals surface area contributed by atoms with Crippen molar-refractivity contribution in [1.29, 1.82) is 0 Å². The molecule has 0 aliphatic rings. The van der Waals surface area contributed by atoms with Crippen molar-refractivity contribution in [1.82, 2.24) is 10.6 Å². The molecule has 2 rings (SSSR count). The molecule has 0 aliphatic carbocycles. The molecule has 2 aromatic rings. The van der Waals surface area contributed by atoms with Crippen LogP contribution in [0, 0.1) is 0 Å². The Bertz CT molecular complexity index is 625. The molecule has 0 aliphatic heterocycles. The number of nitrogens with one attached hydrogen (secondary N) is 2. The minimum atomic E-state index is -0.746. The number of carbonyl (C=O) groups excluding carboxylic acids is 1. The van der Waals surface area contributed by atoms with Gasteiger partial charge in [0.1, 0.15) is 17.6 Å². The van der Waals surface area contributed by atoms with Crippen LogP contribution in [0.2, 0.25) is 0 Å². The molecule has 0 radical (unpaired) electrons. The second-order valence-electron chi connectivity index (χ2n) is 6.06. The fourth-order valence-corrected chi connectivity index (χ4v) is 2.52. The highest BCUT2D eigenvalue weighted by molar-refractivity contribution is 5.74. The highest BCUT2D eigenvalue weighted by Crippen LogP contribution is 2.18. The van der Waals surface area contributed by atoms with Crippen molar-refractivity contribution < 1.29 is 19.4 Å². The molecule has 4 N–H and O–H groups in total. The van der Waals surface area contributed by atoms with E-state index in [9.17, 15) is 15.0 Å². The summed E-state index contributed by atoms with van der Waals surface area (Å²) in [4.78, 5) is 12.0. The van der Waals surface area contributed by atoms with Gasteiger partial charge in [0.15, 0.2) is 0 Å². The van der Waals surface area contributed by atoms with Gasteiger partial charge in [-0.25, -0.2) is 4.79 Å². The lowest BCUT2D eigenvalue weighted by atomic mass is 10.1. The van der Waals surface area contributed by atoms with Crippen molar-refractivity contribution in [3.8, 4) is 5.75 Å². The van der Waals surface area contributed by atoms with Crippen LogP contribution in [0.15, 0.2) is 47.1 Å². The van der Waals surface area contributed by atoms with E-state index < -0.39 is 6.10 Å². The van der Waals surface area contributed by atoms with Crippen LogP contribution in [0.1, 0.15) is 37.7 Å². The van der Waals surface area contributed by atoms with E-state index in [4.69, 9.17) is 4.42 Å². The molecular formula is C18H24N2O4. The number of aliphatic hydroxyl groups is 1.